The summed E-state index contributed by atoms with van der Waals surface area (Å²) >= 11 is 1.80. The van der Waals surface area contributed by atoms with Crippen LogP contribution in [0.25, 0.3) is 0 Å². The Morgan fingerprint density at radius 1 is 1.19 bits per heavy atom. The first-order chi connectivity index (χ1) is 17.9. The first kappa shape index (κ1) is 26.8. The third kappa shape index (κ3) is 6.63. The molecule has 0 amide bonds. The predicted octanol–water partition coefficient (Wildman–Crippen LogP) is 3.23. The summed E-state index contributed by atoms with van der Waals surface area (Å²) in [5, 5.41) is 0. The Hall–Kier alpha value is -1.78. The predicted molar refractivity (Wildman–Crippen MR) is 149 cm³/mol. The molecule has 0 radical (unpaired) electrons. The molecule has 7 nitrogen and oxygen atoms in total. The second-order valence-electron chi connectivity index (χ2n) is 11.6. The fourth-order valence-electron chi connectivity index (χ4n) is 6.64. The number of hydrogen-bond donors (Lipinski definition) is 3. The average Bonchev–Trinajstić information content (AvgIpc) is 2.87. The van der Waals surface area contributed by atoms with Gasteiger partial charge in [-0.15, -0.1) is 0 Å². The highest BCUT2D eigenvalue weighted by molar-refractivity contribution is 7.95. The SMILES string of the molecule is CN1CC2(C1)CN(SNC1CCN(/C(N)=C/C=C\N)CC1CO[C@H]1CC[C@@H](c3cccc(F)c3)CC1)C2. The molecule has 0 aromatic heterocycles. The van der Waals surface area contributed by atoms with Crippen molar-refractivity contribution in [2.75, 3.05) is 52.9 Å². The van der Waals surface area contributed by atoms with Crippen LogP contribution in [0.2, 0.25) is 0 Å². The molecule has 204 valence electrons. The zero-order chi connectivity index (χ0) is 25.8. The molecule has 2 unspecified atom stereocenters. The molecule has 1 aromatic carbocycles. The Balaban J connectivity index is 1.12. The summed E-state index contributed by atoms with van der Waals surface area (Å²) in [6, 6.07) is 7.47. The van der Waals surface area contributed by atoms with Crippen molar-refractivity contribution in [3.63, 3.8) is 0 Å². The van der Waals surface area contributed by atoms with Gasteiger partial charge in [-0.1, -0.05) is 12.1 Å². The number of ether oxygens (including phenoxy) is 1. The van der Waals surface area contributed by atoms with Gasteiger partial charge in [0.05, 0.1) is 18.5 Å². The summed E-state index contributed by atoms with van der Waals surface area (Å²) in [4.78, 5) is 4.66. The second kappa shape index (κ2) is 11.9. The van der Waals surface area contributed by atoms with Gasteiger partial charge in [0.1, 0.15) is 5.82 Å². The van der Waals surface area contributed by atoms with Crippen molar-refractivity contribution < 1.29 is 9.13 Å². The van der Waals surface area contributed by atoms with Crippen LogP contribution in [0.1, 0.15) is 43.6 Å². The number of nitrogens with one attached hydrogen (secondary N) is 1. The summed E-state index contributed by atoms with van der Waals surface area (Å²) < 4.78 is 26.4. The van der Waals surface area contributed by atoms with Gasteiger partial charge in [0.25, 0.3) is 0 Å². The lowest BCUT2D eigenvalue weighted by molar-refractivity contribution is -0.0637. The summed E-state index contributed by atoms with van der Waals surface area (Å²) in [7, 11) is 2.20. The third-order valence-corrected chi connectivity index (χ3v) is 9.51. The van der Waals surface area contributed by atoms with E-state index in [0.29, 0.717) is 23.3 Å². The minimum atomic E-state index is -0.141. The molecule has 0 bridgehead atoms. The molecule has 1 saturated carbocycles. The number of benzene rings is 1. The number of rotatable bonds is 9. The normalized spacial score (nSPS) is 31.0. The highest BCUT2D eigenvalue weighted by Crippen LogP contribution is 2.41. The van der Waals surface area contributed by atoms with Crippen LogP contribution in [0.4, 0.5) is 4.39 Å². The molecule has 37 heavy (non-hydrogen) atoms. The number of nitrogens with two attached hydrogens (primary N) is 2. The van der Waals surface area contributed by atoms with E-state index >= 15 is 0 Å². The van der Waals surface area contributed by atoms with Crippen LogP contribution >= 0.6 is 12.1 Å². The van der Waals surface area contributed by atoms with Crippen molar-refractivity contribution >= 4 is 12.1 Å². The zero-order valence-electron chi connectivity index (χ0n) is 22.0. The van der Waals surface area contributed by atoms with Crippen LogP contribution in [-0.4, -0.2) is 79.2 Å². The molecule has 4 aliphatic rings. The maximum atomic E-state index is 13.7. The average molecular weight is 531 g/mol. The molecule has 4 fully saturated rings. The topological polar surface area (TPSA) is 83.0 Å². The number of piperidine rings is 1. The van der Waals surface area contributed by atoms with E-state index in [4.69, 9.17) is 16.2 Å². The van der Waals surface area contributed by atoms with E-state index in [0.717, 1.165) is 63.2 Å². The van der Waals surface area contributed by atoms with Crippen molar-refractivity contribution in [1.29, 1.82) is 0 Å². The number of nitrogens with zero attached hydrogens (tertiary/aromatic N) is 3. The van der Waals surface area contributed by atoms with Crippen molar-refractivity contribution in [2.45, 2.75) is 50.2 Å². The van der Waals surface area contributed by atoms with Gasteiger partial charge in [-0.3, -0.25) is 0 Å². The number of halogens is 1. The lowest BCUT2D eigenvalue weighted by atomic mass is 9.75. The van der Waals surface area contributed by atoms with Crippen LogP contribution in [0, 0.1) is 17.2 Å². The fourth-order valence-corrected chi connectivity index (χ4v) is 7.91. The third-order valence-electron chi connectivity index (χ3n) is 8.58. The van der Waals surface area contributed by atoms with E-state index in [-0.39, 0.29) is 11.9 Å². The Bertz CT molecular complexity index is 954. The van der Waals surface area contributed by atoms with Gasteiger partial charge < -0.3 is 26.0 Å². The van der Waals surface area contributed by atoms with E-state index in [9.17, 15) is 4.39 Å². The van der Waals surface area contributed by atoms with Crippen LogP contribution in [-0.2, 0) is 4.74 Å². The van der Waals surface area contributed by atoms with E-state index in [1.807, 2.05) is 12.1 Å². The first-order valence-electron chi connectivity index (χ1n) is 13.7. The van der Waals surface area contributed by atoms with Crippen molar-refractivity contribution in [3.05, 3.63) is 59.8 Å². The lowest BCUT2D eigenvalue weighted by Crippen LogP contribution is -2.69. The molecule has 3 heterocycles. The van der Waals surface area contributed by atoms with Gasteiger partial charge in [-0.2, -0.15) is 0 Å². The standard InChI is InChI=1S/C28H43FN6OS/c1-33-17-28(18-33)19-35(20-28)37-32-26-11-13-34(27(31)6-3-12-30)15-23(26)16-36-25-9-7-21(8-10-25)22-4-2-5-24(29)14-22/h2-6,12,14,21,23,25-26,32H,7-11,13,15-20,30-31H2,1H3/b12-3-,27-6+/t21-,23?,25+,26?. The van der Waals surface area contributed by atoms with Crippen LogP contribution in [0.15, 0.2) is 48.4 Å². The summed E-state index contributed by atoms with van der Waals surface area (Å²) in [6.45, 7) is 7.30. The van der Waals surface area contributed by atoms with Crippen LogP contribution in [0.5, 0.6) is 0 Å². The molecule has 5 rings (SSSR count). The van der Waals surface area contributed by atoms with Gasteiger partial charge in [-0.25, -0.2) is 13.4 Å². The number of allylic oxidation sites excluding steroid dienone is 2. The van der Waals surface area contributed by atoms with E-state index in [1.165, 1.54) is 38.4 Å². The molecule has 1 aliphatic carbocycles. The summed E-state index contributed by atoms with van der Waals surface area (Å²) in [5.74, 6) is 1.40. The van der Waals surface area contributed by atoms with Gasteiger partial charge in [-0.05, 0) is 81.1 Å². The van der Waals surface area contributed by atoms with Crippen molar-refractivity contribution in [2.24, 2.45) is 22.8 Å². The molecule has 3 aliphatic heterocycles. The van der Waals surface area contributed by atoms with Crippen LogP contribution < -0.4 is 16.2 Å². The van der Waals surface area contributed by atoms with Gasteiger partial charge in [0.15, 0.2) is 0 Å². The lowest BCUT2D eigenvalue weighted by Gasteiger charge is -2.59. The first-order valence-corrected chi connectivity index (χ1v) is 14.5. The van der Waals surface area contributed by atoms with Crippen molar-refractivity contribution in [1.82, 2.24) is 18.8 Å². The largest absolute Gasteiger partial charge is 0.405 e. The highest BCUT2D eigenvalue weighted by Gasteiger charge is 2.50. The van der Waals surface area contributed by atoms with Crippen LogP contribution in [0.3, 0.4) is 0 Å². The minimum Gasteiger partial charge on any atom is -0.405 e. The Morgan fingerprint density at radius 2 is 1.97 bits per heavy atom. The smallest absolute Gasteiger partial charge is 0.123 e. The molecular weight excluding hydrogens is 487 g/mol. The molecule has 2 atom stereocenters. The second-order valence-corrected chi connectivity index (χ2v) is 12.6. The monoisotopic (exact) mass is 530 g/mol. The summed E-state index contributed by atoms with van der Waals surface area (Å²) in [6.07, 6.45) is 10.6. The van der Waals surface area contributed by atoms with Gasteiger partial charge in [0, 0.05) is 68.8 Å². The highest BCUT2D eigenvalue weighted by atomic mass is 32.2. The molecule has 1 aromatic rings. The zero-order valence-corrected chi connectivity index (χ0v) is 22.8. The van der Waals surface area contributed by atoms with Gasteiger partial charge in [0.2, 0.25) is 0 Å². The molecular formula is C28H43FN6OS. The van der Waals surface area contributed by atoms with E-state index < -0.39 is 0 Å². The summed E-state index contributed by atoms with van der Waals surface area (Å²) in [5.41, 5.74) is 13.5. The fraction of sp³-hybridized carbons (Fsp3) is 0.643. The van der Waals surface area contributed by atoms with E-state index in [2.05, 4.69) is 31.9 Å². The Kier molecular flexibility index (Phi) is 8.66. The maximum Gasteiger partial charge on any atom is 0.123 e. The molecule has 5 N–H and O–H groups in total. The van der Waals surface area contributed by atoms with E-state index in [1.54, 1.807) is 24.3 Å². The van der Waals surface area contributed by atoms with Gasteiger partial charge >= 0.3 is 0 Å². The molecule has 1 spiro atoms. The molecule has 3 saturated heterocycles. The number of hydrogen-bond acceptors (Lipinski definition) is 8. The quantitative estimate of drug-likeness (QED) is 0.332. The number of likely N-dealkylation sites (tertiary alicyclic amines) is 2. The minimum absolute atomic E-state index is 0.141. The Labute approximate surface area is 225 Å². The Morgan fingerprint density at radius 3 is 2.68 bits per heavy atom. The molecule has 9 heteroatoms. The van der Waals surface area contributed by atoms with Crippen molar-refractivity contribution in [3.8, 4) is 0 Å². The maximum absolute atomic E-state index is 13.7.